The van der Waals surface area contributed by atoms with Crippen molar-refractivity contribution in [3.63, 3.8) is 0 Å². The van der Waals surface area contributed by atoms with Crippen LogP contribution in [0.4, 0.5) is 4.79 Å². The van der Waals surface area contributed by atoms with Gasteiger partial charge in [-0.3, -0.25) is 0 Å². The number of unbranched alkanes of at least 4 members (excludes halogenated alkanes) is 11. The summed E-state index contributed by atoms with van der Waals surface area (Å²) in [6.45, 7) is 5.12. The molecule has 0 saturated heterocycles. The van der Waals surface area contributed by atoms with Crippen molar-refractivity contribution in [2.45, 2.75) is 110 Å². The van der Waals surface area contributed by atoms with Crippen LogP contribution in [0.2, 0.25) is 0 Å². The lowest BCUT2D eigenvalue weighted by atomic mass is 10.1. The highest BCUT2D eigenvalue weighted by molar-refractivity contribution is 5.81. The Labute approximate surface area is 178 Å². The van der Waals surface area contributed by atoms with E-state index in [-0.39, 0.29) is 12.6 Å². The molecular weight excluding hydrogens is 370 g/mol. The Morgan fingerprint density at radius 2 is 1.24 bits per heavy atom. The van der Waals surface area contributed by atoms with E-state index in [1.807, 2.05) is 6.92 Å². The van der Waals surface area contributed by atoms with Gasteiger partial charge in [-0.15, -0.1) is 0 Å². The number of methoxy groups -OCH3 is 1. The minimum Gasteiger partial charge on any atom is -0.464 e. The Balaban J connectivity index is 3.66. The SMILES string of the molecule is CCCCCCCCCCCCCCOC(=O)C(CCC)NC(=O)OCCOC. The second kappa shape index (κ2) is 21.4. The molecule has 1 amide bonds. The van der Waals surface area contributed by atoms with Crippen LogP contribution in [0.1, 0.15) is 104 Å². The fourth-order valence-electron chi connectivity index (χ4n) is 3.16. The standard InChI is InChI=1S/C23H45NO5/c1-4-6-7-8-9-10-11-12-13-14-15-16-18-28-22(25)21(17-5-2)24-23(26)29-20-19-27-3/h21H,4-20H2,1-3H3,(H,24,26). The molecule has 0 aliphatic rings. The molecule has 0 heterocycles. The van der Waals surface area contributed by atoms with Crippen molar-refractivity contribution in [3.8, 4) is 0 Å². The first-order chi connectivity index (χ1) is 14.2. The molecule has 0 bridgehead atoms. The second-order valence-corrected chi connectivity index (χ2v) is 7.67. The van der Waals surface area contributed by atoms with Crippen molar-refractivity contribution in [2.24, 2.45) is 0 Å². The predicted molar refractivity (Wildman–Crippen MR) is 117 cm³/mol. The molecule has 0 radical (unpaired) electrons. The number of hydrogen-bond donors (Lipinski definition) is 1. The van der Waals surface area contributed by atoms with Crippen molar-refractivity contribution < 1.29 is 23.8 Å². The molecule has 1 unspecified atom stereocenters. The van der Waals surface area contributed by atoms with Crippen LogP contribution in [0.5, 0.6) is 0 Å². The van der Waals surface area contributed by atoms with Crippen LogP contribution < -0.4 is 5.32 Å². The lowest BCUT2D eigenvalue weighted by Gasteiger charge is -2.17. The number of hydrogen-bond acceptors (Lipinski definition) is 5. The van der Waals surface area contributed by atoms with Gasteiger partial charge in [0.15, 0.2) is 0 Å². The van der Waals surface area contributed by atoms with E-state index in [9.17, 15) is 9.59 Å². The third-order valence-corrected chi connectivity index (χ3v) is 4.92. The molecular formula is C23H45NO5. The summed E-state index contributed by atoms with van der Waals surface area (Å²) < 4.78 is 15.1. The fraction of sp³-hybridized carbons (Fsp3) is 0.913. The quantitative estimate of drug-likeness (QED) is 0.202. The van der Waals surface area contributed by atoms with Gasteiger partial charge in [0.05, 0.1) is 13.2 Å². The molecule has 0 aromatic heterocycles. The van der Waals surface area contributed by atoms with Crippen LogP contribution in [-0.4, -0.2) is 45.0 Å². The average Bonchev–Trinajstić information content (AvgIpc) is 2.71. The number of amides is 1. The maximum absolute atomic E-state index is 12.2. The first kappa shape index (κ1) is 27.7. The summed E-state index contributed by atoms with van der Waals surface area (Å²) in [6, 6.07) is -0.646. The van der Waals surface area contributed by atoms with Gasteiger partial charge in [0.2, 0.25) is 0 Å². The molecule has 29 heavy (non-hydrogen) atoms. The molecule has 6 heteroatoms. The minimum atomic E-state index is -0.646. The van der Waals surface area contributed by atoms with Crippen LogP contribution in [0.3, 0.4) is 0 Å². The number of carbonyl (C=O) groups excluding carboxylic acids is 2. The van der Waals surface area contributed by atoms with Crippen molar-refractivity contribution in [1.82, 2.24) is 5.32 Å². The molecule has 0 saturated carbocycles. The van der Waals surface area contributed by atoms with Gasteiger partial charge in [0.1, 0.15) is 12.6 Å². The maximum atomic E-state index is 12.2. The monoisotopic (exact) mass is 415 g/mol. The zero-order chi connectivity index (χ0) is 21.6. The molecule has 1 N–H and O–H groups in total. The lowest BCUT2D eigenvalue weighted by molar-refractivity contribution is -0.146. The topological polar surface area (TPSA) is 73.9 Å². The first-order valence-corrected chi connectivity index (χ1v) is 11.7. The van der Waals surface area contributed by atoms with Gasteiger partial charge >= 0.3 is 12.1 Å². The van der Waals surface area contributed by atoms with E-state index in [0.29, 0.717) is 19.6 Å². The lowest BCUT2D eigenvalue weighted by Crippen LogP contribution is -2.42. The number of esters is 1. The van der Waals surface area contributed by atoms with Gasteiger partial charge in [0, 0.05) is 7.11 Å². The van der Waals surface area contributed by atoms with Crippen molar-refractivity contribution >= 4 is 12.1 Å². The van der Waals surface area contributed by atoms with Crippen molar-refractivity contribution in [3.05, 3.63) is 0 Å². The number of rotatable bonds is 20. The summed E-state index contributed by atoms with van der Waals surface area (Å²) in [7, 11) is 1.54. The number of carbonyl (C=O) groups is 2. The van der Waals surface area contributed by atoms with E-state index in [4.69, 9.17) is 14.2 Å². The molecule has 0 rings (SSSR count). The van der Waals surface area contributed by atoms with Crippen LogP contribution in [-0.2, 0) is 19.0 Å². The second-order valence-electron chi connectivity index (χ2n) is 7.67. The van der Waals surface area contributed by atoms with E-state index < -0.39 is 12.1 Å². The van der Waals surface area contributed by atoms with Gasteiger partial charge < -0.3 is 19.5 Å². The Hall–Kier alpha value is -1.30. The van der Waals surface area contributed by atoms with Gasteiger partial charge in [0.25, 0.3) is 0 Å². The Kier molecular flexibility index (Phi) is 20.5. The Morgan fingerprint density at radius 1 is 0.690 bits per heavy atom. The van der Waals surface area contributed by atoms with Crippen LogP contribution in [0.25, 0.3) is 0 Å². The van der Waals surface area contributed by atoms with Gasteiger partial charge in [-0.05, 0) is 12.8 Å². The van der Waals surface area contributed by atoms with Crippen molar-refractivity contribution in [1.29, 1.82) is 0 Å². The highest BCUT2D eigenvalue weighted by Gasteiger charge is 2.21. The molecule has 0 aromatic carbocycles. The van der Waals surface area contributed by atoms with Crippen LogP contribution in [0.15, 0.2) is 0 Å². The number of nitrogens with one attached hydrogen (secondary N) is 1. The third kappa shape index (κ3) is 18.5. The highest BCUT2D eigenvalue weighted by Crippen LogP contribution is 2.12. The predicted octanol–water partition coefficient (Wildman–Crippen LogP) is 5.77. The summed E-state index contributed by atoms with van der Waals surface area (Å²) in [4.78, 5) is 23.9. The molecule has 0 aliphatic heterocycles. The highest BCUT2D eigenvalue weighted by atomic mass is 16.6. The third-order valence-electron chi connectivity index (χ3n) is 4.92. The smallest absolute Gasteiger partial charge is 0.407 e. The minimum absolute atomic E-state index is 0.162. The van der Waals surface area contributed by atoms with Crippen LogP contribution in [0, 0.1) is 0 Å². The summed E-state index contributed by atoms with van der Waals surface area (Å²) in [5, 5.41) is 2.58. The van der Waals surface area contributed by atoms with E-state index in [0.717, 1.165) is 19.3 Å². The fourth-order valence-corrected chi connectivity index (χ4v) is 3.16. The summed E-state index contributed by atoms with van der Waals surface area (Å²) >= 11 is 0. The maximum Gasteiger partial charge on any atom is 0.407 e. The van der Waals surface area contributed by atoms with Crippen molar-refractivity contribution in [2.75, 3.05) is 26.9 Å². The zero-order valence-electron chi connectivity index (χ0n) is 19.1. The summed E-state index contributed by atoms with van der Waals surface area (Å²) in [5.74, 6) is -0.376. The molecule has 6 nitrogen and oxygen atoms in total. The normalized spacial score (nSPS) is 11.8. The summed E-state index contributed by atoms with van der Waals surface area (Å²) in [5.41, 5.74) is 0. The molecule has 0 spiro atoms. The molecule has 0 aromatic rings. The average molecular weight is 416 g/mol. The first-order valence-electron chi connectivity index (χ1n) is 11.7. The van der Waals surface area contributed by atoms with E-state index in [2.05, 4.69) is 12.2 Å². The molecule has 1 atom stereocenters. The molecule has 172 valence electrons. The number of ether oxygens (including phenoxy) is 3. The van der Waals surface area contributed by atoms with E-state index in [1.165, 1.54) is 71.3 Å². The van der Waals surface area contributed by atoms with E-state index >= 15 is 0 Å². The molecule has 0 aliphatic carbocycles. The largest absolute Gasteiger partial charge is 0.464 e. The zero-order valence-corrected chi connectivity index (χ0v) is 19.1. The molecule has 0 fully saturated rings. The van der Waals surface area contributed by atoms with Gasteiger partial charge in [-0.2, -0.15) is 0 Å². The number of alkyl carbamates (subject to hydrolysis) is 1. The summed E-state index contributed by atoms with van der Waals surface area (Å²) in [6.07, 6.45) is 16.0. The Morgan fingerprint density at radius 3 is 1.76 bits per heavy atom. The van der Waals surface area contributed by atoms with Crippen LogP contribution >= 0.6 is 0 Å². The Bertz CT molecular complexity index is 389. The van der Waals surface area contributed by atoms with Gasteiger partial charge in [-0.1, -0.05) is 90.9 Å². The van der Waals surface area contributed by atoms with E-state index in [1.54, 1.807) is 0 Å². The van der Waals surface area contributed by atoms with Gasteiger partial charge in [-0.25, -0.2) is 9.59 Å².